The highest BCUT2D eigenvalue weighted by molar-refractivity contribution is 6.00. The Kier molecular flexibility index (Phi) is 2.84. The first kappa shape index (κ1) is 9.23. The Morgan fingerprint density at radius 2 is 2.33 bits per heavy atom. The van der Waals surface area contributed by atoms with Crippen molar-refractivity contribution < 1.29 is 14.3 Å². The van der Waals surface area contributed by atoms with E-state index in [1.165, 1.54) is 7.11 Å². The Hall–Kier alpha value is -0.860. The fourth-order valence-corrected chi connectivity index (χ4v) is 1.66. The zero-order valence-corrected chi connectivity index (χ0v) is 7.50. The second-order valence-corrected chi connectivity index (χ2v) is 3.26. The maximum Gasteiger partial charge on any atom is 0.316 e. The molecular formula is C9H14O3. The van der Waals surface area contributed by atoms with E-state index in [1.807, 2.05) is 6.92 Å². The van der Waals surface area contributed by atoms with Crippen LogP contribution in [-0.2, 0) is 14.3 Å². The molecule has 0 aliphatic heterocycles. The van der Waals surface area contributed by atoms with Crippen LogP contribution in [0, 0.1) is 11.8 Å². The summed E-state index contributed by atoms with van der Waals surface area (Å²) in [6.07, 6.45) is 2.21. The van der Waals surface area contributed by atoms with Crippen LogP contribution in [0.1, 0.15) is 26.2 Å². The molecule has 1 rings (SSSR count). The summed E-state index contributed by atoms with van der Waals surface area (Å²) in [6.45, 7) is 2.04. The molecule has 12 heavy (non-hydrogen) atoms. The molecule has 1 aliphatic carbocycles. The third-order valence-corrected chi connectivity index (χ3v) is 2.51. The molecule has 0 bridgehead atoms. The normalized spacial score (nSPS) is 29.0. The number of methoxy groups -OCH3 is 1. The minimum Gasteiger partial charge on any atom is -0.468 e. The van der Waals surface area contributed by atoms with Crippen LogP contribution >= 0.6 is 0 Å². The summed E-state index contributed by atoms with van der Waals surface area (Å²) >= 11 is 0. The first-order valence-electron chi connectivity index (χ1n) is 4.29. The van der Waals surface area contributed by atoms with Crippen LogP contribution in [0.5, 0.6) is 0 Å². The van der Waals surface area contributed by atoms with Crippen molar-refractivity contribution in [2.24, 2.45) is 11.8 Å². The summed E-state index contributed by atoms with van der Waals surface area (Å²) < 4.78 is 4.54. The van der Waals surface area contributed by atoms with Crippen LogP contribution in [0.25, 0.3) is 0 Å². The van der Waals surface area contributed by atoms with Crippen LogP contribution in [0.3, 0.4) is 0 Å². The van der Waals surface area contributed by atoms with Gasteiger partial charge in [0.25, 0.3) is 0 Å². The van der Waals surface area contributed by atoms with Gasteiger partial charge in [-0.2, -0.15) is 0 Å². The largest absolute Gasteiger partial charge is 0.468 e. The maximum atomic E-state index is 11.2. The van der Waals surface area contributed by atoms with Crippen LogP contribution in [0.2, 0.25) is 0 Å². The predicted octanol–water partition coefficient (Wildman–Crippen LogP) is 1.16. The Balaban J connectivity index is 2.57. The molecule has 1 aliphatic rings. The van der Waals surface area contributed by atoms with Crippen LogP contribution in [0.15, 0.2) is 0 Å². The second-order valence-electron chi connectivity index (χ2n) is 3.26. The number of hydrogen-bond donors (Lipinski definition) is 0. The average Bonchev–Trinajstić information content (AvgIpc) is 2.45. The number of Topliss-reactive ketones (excluding diaryl/α,β-unsaturated/α-hetero) is 1. The van der Waals surface area contributed by atoms with Gasteiger partial charge < -0.3 is 4.74 Å². The van der Waals surface area contributed by atoms with E-state index in [4.69, 9.17) is 0 Å². The summed E-state index contributed by atoms with van der Waals surface area (Å²) in [6, 6.07) is 0. The Morgan fingerprint density at radius 3 is 2.75 bits per heavy atom. The van der Waals surface area contributed by atoms with Crippen molar-refractivity contribution in [1.29, 1.82) is 0 Å². The zero-order chi connectivity index (χ0) is 9.14. The third kappa shape index (κ3) is 1.65. The molecule has 0 saturated heterocycles. The van der Waals surface area contributed by atoms with Gasteiger partial charge in [-0.1, -0.05) is 13.3 Å². The van der Waals surface area contributed by atoms with Gasteiger partial charge in [0.05, 0.1) is 7.11 Å². The summed E-state index contributed by atoms with van der Waals surface area (Å²) in [7, 11) is 1.33. The minimum absolute atomic E-state index is 0.0497. The van der Waals surface area contributed by atoms with Gasteiger partial charge in [0.15, 0.2) is 0 Å². The Morgan fingerprint density at radius 1 is 1.67 bits per heavy atom. The highest BCUT2D eigenvalue weighted by Gasteiger charge is 2.36. The molecule has 0 spiro atoms. The van der Waals surface area contributed by atoms with E-state index >= 15 is 0 Å². The molecule has 0 aromatic carbocycles. The molecule has 68 valence electrons. The van der Waals surface area contributed by atoms with Crippen molar-refractivity contribution in [2.45, 2.75) is 26.2 Å². The molecule has 3 heteroatoms. The standard InChI is InChI=1S/C9H14O3/c1-3-6-4-7(8(10)5-6)9(11)12-2/h6-7H,3-5H2,1-2H3. The molecule has 0 aromatic rings. The number of hydrogen-bond acceptors (Lipinski definition) is 3. The van der Waals surface area contributed by atoms with Gasteiger partial charge in [-0.3, -0.25) is 9.59 Å². The lowest BCUT2D eigenvalue weighted by atomic mass is 10.0. The first-order chi connectivity index (χ1) is 5.69. The number of rotatable bonds is 2. The Labute approximate surface area is 72.1 Å². The van der Waals surface area contributed by atoms with Gasteiger partial charge in [0.1, 0.15) is 11.7 Å². The van der Waals surface area contributed by atoms with E-state index in [1.54, 1.807) is 0 Å². The lowest BCUT2D eigenvalue weighted by molar-refractivity contribution is -0.148. The van der Waals surface area contributed by atoms with Crippen LogP contribution in [-0.4, -0.2) is 18.9 Å². The molecule has 1 fully saturated rings. The third-order valence-electron chi connectivity index (χ3n) is 2.51. The molecular weight excluding hydrogens is 156 g/mol. The molecule has 0 radical (unpaired) electrons. The zero-order valence-electron chi connectivity index (χ0n) is 7.50. The lowest BCUT2D eigenvalue weighted by Crippen LogP contribution is -2.19. The Bertz CT molecular complexity index is 198. The van der Waals surface area contributed by atoms with Gasteiger partial charge in [0.2, 0.25) is 0 Å². The predicted molar refractivity (Wildman–Crippen MR) is 43.5 cm³/mol. The van der Waals surface area contributed by atoms with Crippen molar-refractivity contribution in [3.63, 3.8) is 0 Å². The quantitative estimate of drug-likeness (QED) is 0.461. The topological polar surface area (TPSA) is 43.4 Å². The average molecular weight is 170 g/mol. The van der Waals surface area contributed by atoms with E-state index in [0.29, 0.717) is 18.8 Å². The van der Waals surface area contributed by atoms with E-state index in [-0.39, 0.29) is 11.8 Å². The molecule has 2 unspecified atom stereocenters. The SMILES string of the molecule is CCC1CC(=O)C(C(=O)OC)C1. The van der Waals surface area contributed by atoms with Crippen LogP contribution < -0.4 is 0 Å². The molecule has 3 nitrogen and oxygen atoms in total. The summed E-state index contributed by atoms with van der Waals surface area (Å²) in [5, 5.41) is 0. The van der Waals surface area contributed by atoms with Crippen LogP contribution in [0.4, 0.5) is 0 Å². The van der Waals surface area contributed by atoms with Gasteiger partial charge in [-0.05, 0) is 12.3 Å². The van der Waals surface area contributed by atoms with Crippen molar-refractivity contribution in [3.05, 3.63) is 0 Å². The minimum atomic E-state index is -0.472. The maximum absolute atomic E-state index is 11.2. The first-order valence-corrected chi connectivity index (χ1v) is 4.29. The summed E-state index contributed by atoms with van der Waals surface area (Å²) in [4.78, 5) is 22.3. The number of carbonyl (C=O) groups is 2. The van der Waals surface area contributed by atoms with E-state index in [9.17, 15) is 9.59 Å². The monoisotopic (exact) mass is 170 g/mol. The number of esters is 1. The molecule has 0 amide bonds. The van der Waals surface area contributed by atoms with Gasteiger partial charge >= 0.3 is 5.97 Å². The summed E-state index contributed by atoms with van der Waals surface area (Å²) in [5.74, 6) is -0.397. The fraction of sp³-hybridized carbons (Fsp3) is 0.778. The number of ketones is 1. The molecule has 0 heterocycles. The highest BCUT2D eigenvalue weighted by atomic mass is 16.5. The van der Waals surface area contributed by atoms with E-state index in [0.717, 1.165) is 6.42 Å². The van der Waals surface area contributed by atoms with E-state index < -0.39 is 5.92 Å². The molecule has 0 N–H and O–H groups in total. The summed E-state index contributed by atoms with van der Waals surface area (Å²) in [5.41, 5.74) is 0. The molecule has 0 aromatic heterocycles. The second kappa shape index (κ2) is 3.70. The van der Waals surface area contributed by atoms with Crippen molar-refractivity contribution in [1.82, 2.24) is 0 Å². The lowest BCUT2D eigenvalue weighted by Gasteiger charge is -2.05. The van der Waals surface area contributed by atoms with Crippen molar-refractivity contribution in [3.8, 4) is 0 Å². The fourth-order valence-electron chi connectivity index (χ4n) is 1.66. The molecule has 2 atom stereocenters. The smallest absolute Gasteiger partial charge is 0.316 e. The number of ether oxygens (including phenoxy) is 1. The van der Waals surface area contributed by atoms with E-state index in [2.05, 4.69) is 4.74 Å². The molecule has 1 saturated carbocycles. The highest BCUT2D eigenvalue weighted by Crippen LogP contribution is 2.30. The van der Waals surface area contributed by atoms with Crippen molar-refractivity contribution in [2.75, 3.05) is 7.11 Å². The van der Waals surface area contributed by atoms with Gasteiger partial charge in [-0.15, -0.1) is 0 Å². The number of carbonyl (C=O) groups excluding carboxylic acids is 2. The van der Waals surface area contributed by atoms with Gasteiger partial charge in [0, 0.05) is 6.42 Å². The van der Waals surface area contributed by atoms with Gasteiger partial charge in [-0.25, -0.2) is 0 Å². The van der Waals surface area contributed by atoms with Crippen molar-refractivity contribution >= 4 is 11.8 Å².